The van der Waals surface area contributed by atoms with E-state index in [0.717, 1.165) is 5.92 Å². The summed E-state index contributed by atoms with van der Waals surface area (Å²) in [6.07, 6.45) is 7.57. The first kappa shape index (κ1) is 10.4. The zero-order chi connectivity index (χ0) is 10.7. The van der Waals surface area contributed by atoms with E-state index in [-0.39, 0.29) is 0 Å². The molecule has 0 unspecified atom stereocenters. The Morgan fingerprint density at radius 2 is 2.07 bits per heavy atom. The second-order valence-electron chi connectivity index (χ2n) is 4.44. The zero-order valence-corrected chi connectivity index (χ0v) is 9.26. The standard InChI is InChI=1S/C10H19N5/c1-2-3-8-4-6-9(7-5-8)15-10(11)12-13-14-15/h8-9H,2-7H2,1H3,(H2,11,12,14). The number of tetrazole rings is 1. The Balaban J connectivity index is 1.91. The van der Waals surface area contributed by atoms with Crippen LogP contribution in [0.2, 0.25) is 0 Å². The molecule has 2 N–H and O–H groups in total. The molecule has 15 heavy (non-hydrogen) atoms. The van der Waals surface area contributed by atoms with Gasteiger partial charge in [0.25, 0.3) is 0 Å². The van der Waals surface area contributed by atoms with Crippen LogP contribution in [0.1, 0.15) is 51.5 Å². The van der Waals surface area contributed by atoms with Gasteiger partial charge in [-0.05, 0) is 42.0 Å². The van der Waals surface area contributed by atoms with Crippen LogP contribution in [0.5, 0.6) is 0 Å². The van der Waals surface area contributed by atoms with Crippen LogP contribution in [0, 0.1) is 5.92 Å². The van der Waals surface area contributed by atoms with Gasteiger partial charge in [-0.1, -0.05) is 24.9 Å². The van der Waals surface area contributed by atoms with E-state index >= 15 is 0 Å². The number of nitrogens with two attached hydrogens (primary N) is 1. The van der Waals surface area contributed by atoms with E-state index in [4.69, 9.17) is 5.73 Å². The molecule has 84 valence electrons. The number of aromatic nitrogens is 4. The maximum Gasteiger partial charge on any atom is 0.240 e. The van der Waals surface area contributed by atoms with Gasteiger partial charge in [0, 0.05) is 0 Å². The molecule has 0 amide bonds. The van der Waals surface area contributed by atoms with Gasteiger partial charge in [0.05, 0.1) is 6.04 Å². The number of hydrogen-bond donors (Lipinski definition) is 1. The SMILES string of the molecule is CCCC1CCC(n2nnnc2N)CC1. The molecule has 5 heteroatoms. The summed E-state index contributed by atoms with van der Waals surface area (Å²) in [5.41, 5.74) is 5.69. The van der Waals surface area contributed by atoms with E-state index in [0.29, 0.717) is 12.0 Å². The Hall–Kier alpha value is -1.13. The predicted octanol–water partition coefficient (Wildman–Crippen LogP) is 1.79. The smallest absolute Gasteiger partial charge is 0.240 e. The van der Waals surface area contributed by atoms with E-state index in [2.05, 4.69) is 22.4 Å². The van der Waals surface area contributed by atoms with Crippen molar-refractivity contribution in [2.45, 2.75) is 51.5 Å². The Morgan fingerprint density at radius 3 is 2.60 bits per heavy atom. The number of anilines is 1. The third kappa shape index (κ3) is 2.27. The van der Waals surface area contributed by atoms with Crippen LogP contribution in [0.4, 0.5) is 5.95 Å². The molecule has 1 heterocycles. The highest BCUT2D eigenvalue weighted by Gasteiger charge is 2.23. The van der Waals surface area contributed by atoms with Gasteiger partial charge in [0.1, 0.15) is 0 Å². The molecule has 0 atom stereocenters. The summed E-state index contributed by atoms with van der Waals surface area (Å²) in [6, 6.07) is 0.424. The Labute approximate surface area is 90.0 Å². The minimum absolute atomic E-state index is 0.424. The minimum atomic E-state index is 0.424. The van der Waals surface area contributed by atoms with E-state index < -0.39 is 0 Å². The van der Waals surface area contributed by atoms with Crippen LogP contribution < -0.4 is 5.73 Å². The molecule has 2 rings (SSSR count). The van der Waals surface area contributed by atoms with Crippen molar-refractivity contribution < 1.29 is 0 Å². The van der Waals surface area contributed by atoms with E-state index in [9.17, 15) is 0 Å². The van der Waals surface area contributed by atoms with Crippen molar-refractivity contribution >= 4 is 5.95 Å². The number of rotatable bonds is 3. The van der Waals surface area contributed by atoms with Crippen LogP contribution in [-0.2, 0) is 0 Å². The summed E-state index contributed by atoms with van der Waals surface area (Å²) >= 11 is 0. The molecule has 0 aromatic carbocycles. The molecule has 1 aliphatic rings. The van der Waals surface area contributed by atoms with E-state index in [1.165, 1.54) is 38.5 Å². The van der Waals surface area contributed by atoms with Gasteiger partial charge in [-0.2, -0.15) is 0 Å². The van der Waals surface area contributed by atoms with Gasteiger partial charge in [-0.15, -0.1) is 0 Å². The van der Waals surface area contributed by atoms with E-state index in [1.807, 2.05) is 0 Å². The van der Waals surface area contributed by atoms with Gasteiger partial charge in [0.15, 0.2) is 0 Å². The molecule has 0 aliphatic heterocycles. The van der Waals surface area contributed by atoms with Crippen molar-refractivity contribution in [3.63, 3.8) is 0 Å². The minimum Gasteiger partial charge on any atom is -0.367 e. The molecule has 0 saturated heterocycles. The lowest BCUT2D eigenvalue weighted by molar-refractivity contribution is 0.250. The van der Waals surface area contributed by atoms with Crippen LogP contribution in [0.3, 0.4) is 0 Å². The summed E-state index contributed by atoms with van der Waals surface area (Å²) in [7, 11) is 0. The number of hydrogen-bond acceptors (Lipinski definition) is 4. The first-order valence-electron chi connectivity index (χ1n) is 5.84. The highest BCUT2D eigenvalue weighted by atomic mass is 15.6. The van der Waals surface area contributed by atoms with Gasteiger partial charge in [-0.25, -0.2) is 4.68 Å². The molecule has 0 spiro atoms. The number of nitrogen functional groups attached to an aromatic ring is 1. The monoisotopic (exact) mass is 209 g/mol. The fourth-order valence-electron chi connectivity index (χ4n) is 2.55. The average Bonchev–Trinajstić information content (AvgIpc) is 2.66. The third-order valence-electron chi connectivity index (χ3n) is 3.38. The number of nitrogens with zero attached hydrogens (tertiary/aromatic N) is 4. The van der Waals surface area contributed by atoms with Gasteiger partial charge in [0.2, 0.25) is 5.95 Å². The van der Waals surface area contributed by atoms with Gasteiger partial charge >= 0.3 is 0 Å². The Kier molecular flexibility index (Phi) is 3.18. The summed E-state index contributed by atoms with van der Waals surface area (Å²) in [5.74, 6) is 1.36. The first-order valence-corrected chi connectivity index (χ1v) is 5.84. The molecule has 5 nitrogen and oxygen atoms in total. The second kappa shape index (κ2) is 4.59. The molecule has 1 fully saturated rings. The Morgan fingerprint density at radius 1 is 1.33 bits per heavy atom. The molecular formula is C10H19N5. The lowest BCUT2D eigenvalue weighted by atomic mass is 9.83. The maximum absolute atomic E-state index is 5.69. The normalized spacial score (nSPS) is 26.7. The second-order valence-corrected chi connectivity index (χ2v) is 4.44. The molecule has 1 saturated carbocycles. The van der Waals surface area contributed by atoms with Crippen LogP contribution in [-0.4, -0.2) is 20.2 Å². The lowest BCUT2D eigenvalue weighted by Crippen LogP contribution is -2.20. The fourth-order valence-corrected chi connectivity index (χ4v) is 2.55. The fraction of sp³-hybridized carbons (Fsp3) is 0.900. The van der Waals surface area contributed by atoms with Gasteiger partial charge in [-0.3, -0.25) is 0 Å². The lowest BCUT2D eigenvalue weighted by Gasteiger charge is -2.28. The van der Waals surface area contributed by atoms with Crippen molar-refractivity contribution in [1.82, 2.24) is 20.2 Å². The summed E-state index contributed by atoms with van der Waals surface area (Å²) in [4.78, 5) is 0. The van der Waals surface area contributed by atoms with Crippen molar-refractivity contribution in [3.05, 3.63) is 0 Å². The van der Waals surface area contributed by atoms with Crippen LogP contribution in [0.15, 0.2) is 0 Å². The predicted molar refractivity (Wildman–Crippen MR) is 58.1 cm³/mol. The quantitative estimate of drug-likeness (QED) is 0.824. The van der Waals surface area contributed by atoms with Crippen molar-refractivity contribution in [2.24, 2.45) is 5.92 Å². The zero-order valence-electron chi connectivity index (χ0n) is 9.26. The van der Waals surface area contributed by atoms with Crippen molar-refractivity contribution in [2.75, 3.05) is 5.73 Å². The summed E-state index contributed by atoms with van der Waals surface area (Å²) in [6.45, 7) is 2.26. The molecule has 0 radical (unpaired) electrons. The highest BCUT2D eigenvalue weighted by Crippen LogP contribution is 2.34. The summed E-state index contributed by atoms with van der Waals surface area (Å²) in [5, 5.41) is 11.3. The highest BCUT2D eigenvalue weighted by molar-refractivity contribution is 5.11. The molecular weight excluding hydrogens is 190 g/mol. The molecule has 1 aromatic heterocycles. The van der Waals surface area contributed by atoms with Crippen molar-refractivity contribution in [3.8, 4) is 0 Å². The van der Waals surface area contributed by atoms with Crippen LogP contribution >= 0.6 is 0 Å². The molecule has 0 bridgehead atoms. The Bertz CT molecular complexity index is 301. The summed E-state index contributed by atoms with van der Waals surface area (Å²) < 4.78 is 1.78. The van der Waals surface area contributed by atoms with E-state index in [1.54, 1.807) is 4.68 Å². The molecule has 1 aromatic rings. The largest absolute Gasteiger partial charge is 0.367 e. The maximum atomic E-state index is 5.69. The topological polar surface area (TPSA) is 69.6 Å². The molecule has 1 aliphatic carbocycles. The van der Waals surface area contributed by atoms with Crippen molar-refractivity contribution in [1.29, 1.82) is 0 Å². The van der Waals surface area contributed by atoms with Gasteiger partial charge < -0.3 is 5.73 Å². The average molecular weight is 209 g/mol. The van der Waals surface area contributed by atoms with Crippen LogP contribution in [0.25, 0.3) is 0 Å². The first-order chi connectivity index (χ1) is 7.31. The third-order valence-corrected chi connectivity index (χ3v) is 3.38.